The summed E-state index contributed by atoms with van der Waals surface area (Å²) in [4.78, 5) is 14.1. The number of hydrogen-bond donors (Lipinski definition) is 1. The Balaban J connectivity index is 2.41. The Hall–Kier alpha value is -0.770. The molecule has 1 amide bonds. The summed E-state index contributed by atoms with van der Waals surface area (Å²) in [7, 11) is 0. The van der Waals surface area contributed by atoms with Crippen LogP contribution in [-0.4, -0.2) is 42.3 Å². The number of piperidine rings is 1. The molecule has 0 aliphatic carbocycles. The molecule has 0 aromatic rings. The molecule has 1 aliphatic heterocycles. The van der Waals surface area contributed by atoms with Crippen molar-refractivity contribution in [1.29, 1.82) is 0 Å². The van der Waals surface area contributed by atoms with E-state index in [4.69, 9.17) is 4.74 Å². The van der Waals surface area contributed by atoms with Crippen molar-refractivity contribution in [2.24, 2.45) is 5.41 Å². The van der Waals surface area contributed by atoms with E-state index in [9.17, 15) is 4.79 Å². The maximum atomic E-state index is 12.2. The molecule has 142 valence electrons. The Morgan fingerprint density at radius 1 is 1.21 bits per heavy atom. The molecule has 1 N–H and O–H groups in total. The van der Waals surface area contributed by atoms with Gasteiger partial charge in [-0.2, -0.15) is 0 Å². The van der Waals surface area contributed by atoms with Gasteiger partial charge in [-0.1, -0.05) is 33.1 Å². The number of nitrogens with one attached hydrogen (secondary N) is 1. The molecule has 1 atom stereocenters. The van der Waals surface area contributed by atoms with E-state index >= 15 is 0 Å². The first-order valence-electron chi connectivity index (χ1n) is 9.92. The van der Waals surface area contributed by atoms with Crippen molar-refractivity contribution in [3.05, 3.63) is 0 Å². The van der Waals surface area contributed by atoms with Gasteiger partial charge in [0.25, 0.3) is 0 Å². The molecule has 1 rings (SSSR count). The second-order valence-corrected chi connectivity index (χ2v) is 8.60. The first kappa shape index (κ1) is 21.3. The summed E-state index contributed by atoms with van der Waals surface area (Å²) in [5.74, 6) is 0. The predicted molar refractivity (Wildman–Crippen MR) is 101 cm³/mol. The quantitative estimate of drug-likeness (QED) is 0.634. The van der Waals surface area contributed by atoms with Crippen LogP contribution in [-0.2, 0) is 4.74 Å². The fraction of sp³-hybridized carbons (Fsp3) is 0.950. The van der Waals surface area contributed by atoms with Gasteiger partial charge in [-0.05, 0) is 58.8 Å². The number of unbranched alkanes of at least 4 members (excludes halogenated alkanes) is 2. The van der Waals surface area contributed by atoms with Crippen molar-refractivity contribution < 1.29 is 9.53 Å². The van der Waals surface area contributed by atoms with Gasteiger partial charge in [0.05, 0.1) is 0 Å². The highest BCUT2D eigenvalue weighted by molar-refractivity contribution is 5.68. The van der Waals surface area contributed by atoms with Crippen LogP contribution in [0.2, 0.25) is 0 Å². The molecule has 4 nitrogen and oxygen atoms in total. The molecule has 0 spiro atoms. The van der Waals surface area contributed by atoms with Gasteiger partial charge >= 0.3 is 6.09 Å². The molecule has 4 heteroatoms. The molecule has 1 fully saturated rings. The number of carbonyl (C=O) groups excluding carboxylic acids is 1. The molecule has 0 radical (unpaired) electrons. The van der Waals surface area contributed by atoms with Gasteiger partial charge in [-0.15, -0.1) is 0 Å². The van der Waals surface area contributed by atoms with E-state index in [1.807, 2.05) is 25.7 Å². The third kappa shape index (κ3) is 7.42. The molecule has 0 bridgehead atoms. The van der Waals surface area contributed by atoms with Gasteiger partial charge in [0.15, 0.2) is 0 Å². The zero-order chi connectivity index (χ0) is 18.2. The number of hydrogen-bond acceptors (Lipinski definition) is 3. The molecule has 24 heavy (non-hydrogen) atoms. The van der Waals surface area contributed by atoms with Gasteiger partial charge in [0, 0.05) is 25.7 Å². The van der Waals surface area contributed by atoms with Crippen molar-refractivity contribution in [3.63, 3.8) is 0 Å². The topological polar surface area (TPSA) is 41.6 Å². The number of carbonyl (C=O) groups is 1. The number of rotatable bonds is 8. The lowest BCUT2D eigenvalue weighted by Gasteiger charge is -2.42. The van der Waals surface area contributed by atoms with Gasteiger partial charge in [-0.25, -0.2) is 4.79 Å². The Morgan fingerprint density at radius 2 is 1.83 bits per heavy atom. The van der Waals surface area contributed by atoms with E-state index in [1.165, 1.54) is 32.1 Å². The van der Waals surface area contributed by atoms with E-state index < -0.39 is 5.60 Å². The maximum Gasteiger partial charge on any atom is 0.410 e. The summed E-state index contributed by atoms with van der Waals surface area (Å²) in [5, 5.41) is 3.75. The highest BCUT2D eigenvalue weighted by Gasteiger charge is 2.35. The predicted octanol–water partition coefficient (Wildman–Crippen LogP) is 4.97. The third-order valence-corrected chi connectivity index (χ3v) is 5.29. The zero-order valence-corrected chi connectivity index (χ0v) is 16.9. The largest absolute Gasteiger partial charge is 0.444 e. The van der Waals surface area contributed by atoms with Crippen LogP contribution in [0, 0.1) is 5.41 Å². The molecule has 0 saturated carbocycles. The van der Waals surface area contributed by atoms with Crippen LogP contribution in [0.4, 0.5) is 4.79 Å². The Morgan fingerprint density at radius 3 is 2.33 bits per heavy atom. The lowest BCUT2D eigenvalue weighted by atomic mass is 9.76. The second-order valence-electron chi connectivity index (χ2n) is 8.60. The molecule has 0 aromatic heterocycles. The summed E-state index contributed by atoms with van der Waals surface area (Å²) in [6.07, 6.45) is 8.34. The summed E-state index contributed by atoms with van der Waals surface area (Å²) in [5.41, 5.74) is -0.0800. The number of likely N-dealkylation sites (tertiary alicyclic amines) is 1. The fourth-order valence-electron chi connectivity index (χ4n) is 3.34. The van der Waals surface area contributed by atoms with Gasteiger partial charge in [-0.3, -0.25) is 0 Å². The first-order chi connectivity index (χ1) is 11.2. The Bertz CT molecular complexity index is 368. The molecular formula is C20H40N2O2. The number of amides is 1. The average molecular weight is 341 g/mol. The van der Waals surface area contributed by atoms with Gasteiger partial charge in [0.2, 0.25) is 0 Å². The smallest absolute Gasteiger partial charge is 0.410 e. The molecule has 1 heterocycles. The fourth-order valence-corrected chi connectivity index (χ4v) is 3.34. The van der Waals surface area contributed by atoms with Crippen LogP contribution < -0.4 is 5.32 Å². The van der Waals surface area contributed by atoms with Crippen molar-refractivity contribution in [3.8, 4) is 0 Å². The summed E-state index contributed by atoms with van der Waals surface area (Å²) in [6, 6.07) is 0.587. The van der Waals surface area contributed by atoms with E-state index in [-0.39, 0.29) is 6.09 Å². The summed E-state index contributed by atoms with van der Waals surface area (Å²) in [6.45, 7) is 15.3. The molecule has 1 saturated heterocycles. The second kappa shape index (κ2) is 9.65. The summed E-state index contributed by atoms with van der Waals surface area (Å²) < 4.78 is 5.50. The van der Waals surface area contributed by atoms with Gasteiger partial charge in [0.1, 0.15) is 5.60 Å². The highest BCUT2D eigenvalue weighted by Crippen LogP contribution is 2.34. The van der Waals surface area contributed by atoms with Crippen LogP contribution in [0.5, 0.6) is 0 Å². The minimum absolute atomic E-state index is 0.159. The lowest BCUT2D eigenvalue weighted by molar-refractivity contribution is 0.00915. The number of nitrogens with zero attached hydrogens (tertiary/aromatic N) is 1. The minimum atomic E-state index is -0.411. The molecule has 1 aliphatic rings. The first-order valence-corrected chi connectivity index (χ1v) is 9.92. The molecular weight excluding hydrogens is 300 g/mol. The minimum Gasteiger partial charge on any atom is -0.444 e. The monoisotopic (exact) mass is 340 g/mol. The molecule has 0 aromatic carbocycles. The molecule has 1 unspecified atom stereocenters. The Labute approximate surface area is 149 Å². The normalized spacial score (nSPS) is 19.2. The summed E-state index contributed by atoms with van der Waals surface area (Å²) >= 11 is 0. The van der Waals surface area contributed by atoms with Crippen LogP contribution in [0.1, 0.15) is 86.5 Å². The van der Waals surface area contributed by atoms with Crippen LogP contribution in [0.15, 0.2) is 0 Å². The standard InChI is InChI=1S/C20H40N2O2/c1-7-9-10-11-17(3)21-16-20(8-2)12-14-22(15-13-20)18(23)24-19(4,5)6/h17,21H,7-16H2,1-6H3. The third-order valence-electron chi connectivity index (χ3n) is 5.29. The van der Waals surface area contributed by atoms with E-state index in [0.29, 0.717) is 11.5 Å². The van der Waals surface area contributed by atoms with Crippen molar-refractivity contribution in [2.75, 3.05) is 19.6 Å². The van der Waals surface area contributed by atoms with E-state index in [2.05, 4.69) is 26.1 Å². The highest BCUT2D eigenvalue weighted by atomic mass is 16.6. The van der Waals surface area contributed by atoms with E-state index in [1.54, 1.807) is 0 Å². The lowest BCUT2D eigenvalue weighted by Crippen LogP contribution is -2.49. The van der Waals surface area contributed by atoms with Crippen molar-refractivity contribution in [2.45, 2.75) is 98.1 Å². The SMILES string of the molecule is CCCCCC(C)NCC1(CC)CCN(C(=O)OC(C)(C)C)CC1. The van der Waals surface area contributed by atoms with Crippen LogP contribution in [0.25, 0.3) is 0 Å². The van der Waals surface area contributed by atoms with Crippen LogP contribution in [0.3, 0.4) is 0 Å². The van der Waals surface area contributed by atoms with Crippen LogP contribution >= 0.6 is 0 Å². The van der Waals surface area contributed by atoms with Crippen molar-refractivity contribution in [1.82, 2.24) is 10.2 Å². The zero-order valence-electron chi connectivity index (χ0n) is 16.9. The maximum absolute atomic E-state index is 12.2. The van der Waals surface area contributed by atoms with Crippen molar-refractivity contribution >= 4 is 6.09 Å². The number of ether oxygens (including phenoxy) is 1. The average Bonchev–Trinajstić information content (AvgIpc) is 2.52. The van der Waals surface area contributed by atoms with Gasteiger partial charge < -0.3 is 15.0 Å². The van der Waals surface area contributed by atoms with E-state index in [0.717, 1.165) is 32.5 Å². The Kier molecular flexibility index (Phi) is 8.55.